The molecule has 1 aromatic rings. The molecule has 0 aromatic heterocycles. The van der Waals surface area contributed by atoms with E-state index in [0.29, 0.717) is 12.4 Å². The van der Waals surface area contributed by atoms with Crippen molar-refractivity contribution in [2.75, 3.05) is 12.4 Å². The number of esters is 1. The Kier molecular flexibility index (Phi) is 6.87. The molecule has 22 heavy (non-hydrogen) atoms. The summed E-state index contributed by atoms with van der Waals surface area (Å²) in [5, 5.41) is 0. The molecule has 0 radical (unpaired) electrons. The summed E-state index contributed by atoms with van der Waals surface area (Å²) in [6.07, 6.45) is 0.255. The maximum Gasteiger partial charge on any atom is 0.309 e. The van der Waals surface area contributed by atoms with Gasteiger partial charge in [0.05, 0.1) is 12.4 Å². The summed E-state index contributed by atoms with van der Waals surface area (Å²) in [4.78, 5) is 11.2. The predicted molar refractivity (Wildman–Crippen MR) is 85.5 cm³/mol. The van der Waals surface area contributed by atoms with Gasteiger partial charge in [-0.2, -0.15) is 8.42 Å². The minimum atomic E-state index is -3.71. The Labute approximate surface area is 132 Å². The van der Waals surface area contributed by atoms with E-state index >= 15 is 0 Å². The van der Waals surface area contributed by atoms with Gasteiger partial charge in [0.15, 0.2) is 0 Å². The minimum absolute atomic E-state index is 0.0709. The summed E-state index contributed by atoms with van der Waals surface area (Å²) < 4.78 is 33.8. The van der Waals surface area contributed by atoms with E-state index in [9.17, 15) is 13.2 Å². The zero-order chi connectivity index (χ0) is 16.8. The Morgan fingerprint density at radius 2 is 1.91 bits per heavy atom. The van der Waals surface area contributed by atoms with E-state index in [1.54, 1.807) is 19.1 Å². The van der Waals surface area contributed by atoms with Crippen molar-refractivity contribution in [2.24, 2.45) is 0 Å². The van der Waals surface area contributed by atoms with Crippen LogP contribution in [0.3, 0.4) is 0 Å². The average Bonchev–Trinajstić information content (AvgIpc) is 2.37. The summed E-state index contributed by atoms with van der Waals surface area (Å²) in [5.41, 5.74) is 1.97. The third kappa shape index (κ3) is 6.47. The zero-order valence-corrected chi connectivity index (χ0v) is 14.4. The molecule has 1 rings (SSSR count). The van der Waals surface area contributed by atoms with E-state index < -0.39 is 16.1 Å². The highest BCUT2D eigenvalue weighted by molar-refractivity contribution is 7.87. The van der Waals surface area contributed by atoms with Gasteiger partial charge >= 0.3 is 16.1 Å². The van der Waals surface area contributed by atoms with Gasteiger partial charge in [-0.25, -0.2) is 0 Å². The fourth-order valence-electron chi connectivity index (χ4n) is 1.97. The molecule has 1 aromatic carbocycles. The molecule has 0 heterocycles. The van der Waals surface area contributed by atoms with Crippen LogP contribution in [-0.4, -0.2) is 26.7 Å². The second-order valence-electron chi connectivity index (χ2n) is 5.49. The lowest BCUT2D eigenvalue weighted by atomic mass is 10.0. The van der Waals surface area contributed by atoms with E-state index in [0.717, 1.165) is 11.1 Å². The summed E-state index contributed by atoms with van der Waals surface area (Å²) in [5.74, 6) is 0.000453. The van der Waals surface area contributed by atoms with Crippen molar-refractivity contribution in [3.8, 4) is 5.75 Å². The summed E-state index contributed by atoms with van der Waals surface area (Å²) in [6, 6.07) is 5.43. The van der Waals surface area contributed by atoms with Crippen LogP contribution in [0.25, 0.3) is 0 Å². The monoisotopic (exact) mass is 328 g/mol. The summed E-state index contributed by atoms with van der Waals surface area (Å²) in [7, 11) is -3.71. The first kappa shape index (κ1) is 18.5. The van der Waals surface area contributed by atoms with Gasteiger partial charge in [0, 0.05) is 6.42 Å². The fraction of sp³-hybridized carbons (Fsp3) is 0.562. The van der Waals surface area contributed by atoms with E-state index in [-0.39, 0.29) is 24.5 Å². The van der Waals surface area contributed by atoms with E-state index in [4.69, 9.17) is 8.92 Å². The lowest BCUT2D eigenvalue weighted by Crippen LogP contribution is -2.15. The van der Waals surface area contributed by atoms with E-state index in [1.165, 1.54) is 0 Å². The molecule has 0 aliphatic heterocycles. The molecule has 6 heteroatoms. The molecule has 0 N–H and O–H groups in total. The van der Waals surface area contributed by atoms with Crippen LogP contribution in [0.2, 0.25) is 0 Å². The smallest absolute Gasteiger partial charge is 0.309 e. The lowest BCUT2D eigenvalue weighted by Gasteiger charge is -2.11. The Balaban J connectivity index is 2.66. The van der Waals surface area contributed by atoms with Gasteiger partial charge < -0.3 is 8.92 Å². The molecule has 124 valence electrons. The molecule has 0 amide bonds. The molecular formula is C16H24O5S. The number of carbonyl (C=O) groups excluding carboxylic acids is 1. The van der Waals surface area contributed by atoms with Crippen LogP contribution in [0.15, 0.2) is 18.2 Å². The summed E-state index contributed by atoms with van der Waals surface area (Å²) >= 11 is 0. The second-order valence-corrected chi connectivity index (χ2v) is 7.18. The molecule has 0 spiro atoms. The first-order chi connectivity index (χ1) is 10.2. The van der Waals surface area contributed by atoms with Crippen molar-refractivity contribution in [1.82, 2.24) is 0 Å². The third-order valence-electron chi connectivity index (χ3n) is 3.04. The quantitative estimate of drug-likeness (QED) is 0.541. The highest BCUT2D eigenvalue weighted by atomic mass is 32.2. The first-order valence-electron chi connectivity index (χ1n) is 7.43. The van der Waals surface area contributed by atoms with Crippen LogP contribution in [0.1, 0.15) is 50.7 Å². The van der Waals surface area contributed by atoms with Crippen molar-refractivity contribution in [3.05, 3.63) is 29.3 Å². The van der Waals surface area contributed by atoms with Gasteiger partial charge in [-0.15, -0.1) is 0 Å². The van der Waals surface area contributed by atoms with Crippen molar-refractivity contribution in [3.63, 3.8) is 0 Å². The molecular weight excluding hydrogens is 304 g/mol. The van der Waals surface area contributed by atoms with Crippen LogP contribution in [0.5, 0.6) is 5.75 Å². The Bertz CT molecular complexity index is 605. The van der Waals surface area contributed by atoms with Crippen LogP contribution in [0.4, 0.5) is 0 Å². The molecule has 0 unspecified atom stereocenters. The number of hydrogen-bond donors (Lipinski definition) is 0. The van der Waals surface area contributed by atoms with Crippen molar-refractivity contribution >= 4 is 16.1 Å². The number of hydrogen-bond acceptors (Lipinski definition) is 5. The van der Waals surface area contributed by atoms with E-state index in [2.05, 4.69) is 0 Å². The average molecular weight is 328 g/mol. The number of aryl methyl sites for hydroxylation is 1. The minimum Gasteiger partial charge on any atom is -0.466 e. The molecule has 0 fully saturated rings. The molecule has 0 saturated carbocycles. The Morgan fingerprint density at radius 1 is 1.23 bits per heavy atom. The zero-order valence-electron chi connectivity index (χ0n) is 13.6. The maximum absolute atomic E-state index is 12.0. The Morgan fingerprint density at radius 3 is 2.50 bits per heavy atom. The van der Waals surface area contributed by atoms with E-state index in [1.807, 2.05) is 26.8 Å². The molecule has 0 bridgehead atoms. The van der Waals surface area contributed by atoms with Crippen LogP contribution in [-0.2, 0) is 19.6 Å². The van der Waals surface area contributed by atoms with Gasteiger partial charge in [-0.05, 0) is 49.4 Å². The maximum atomic E-state index is 12.0. The largest absolute Gasteiger partial charge is 0.466 e. The van der Waals surface area contributed by atoms with Crippen LogP contribution < -0.4 is 4.18 Å². The molecule has 5 nitrogen and oxygen atoms in total. The number of benzene rings is 1. The number of rotatable bonds is 8. The highest BCUT2D eigenvalue weighted by Gasteiger charge is 2.15. The van der Waals surface area contributed by atoms with Gasteiger partial charge in [-0.3, -0.25) is 4.79 Å². The summed E-state index contributed by atoms with van der Waals surface area (Å²) in [6.45, 7) is 7.97. The topological polar surface area (TPSA) is 69.7 Å². The van der Waals surface area contributed by atoms with Gasteiger partial charge in [0.25, 0.3) is 0 Å². The second kappa shape index (κ2) is 8.17. The first-order valence-corrected chi connectivity index (χ1v) is 9.00. The molecule has 0 atom stereocenters. The van der Waals surface area contributed by atoms with Crippen LogP contribution in [0, 0.1) is 6.92 Å². The predicted octanol–water partition coefficient (Wildman–Crippen LogP) is 3.17. The lowest BCUT2D eigenvalue weighted by molar-refractivity contribution is -0.143. The molecule has 0 saturated heterocycles. The third-order valence-corrected chi connectivity index (χ3v) is 4.28. The Hall–Kier alpha value is -1.56. The van der Waals surface area contributed by atoms with Crippen molar-refractivity contribution in [2.45, 2.75) is 46.5 Å². The van der Waals surface area contributed by atoms with Gasteiger partial charge in [0.2, 0.25) is 0 Å². The standard InChI is InChI=1S/C16H24O5S/c1-5-20-16(17)7-6-8-22(18,19)21-15-10-13(4)9-14(11-15)12(2)3/h9-12H,5-8H2,1-4H3. The van der Waals surface area contributed by atoms with Gasteiger partial charge in [0.1, 0.15) is 5.75 Å². The molecule has 0 aliphatic rings. The molecule has 0 aliphatic carbocycles. The SMILES string of the molecule is CCOC(=O)CCCS(=O)(=O)Oc1cc(C)cc(C(C)C)c1. The van der Waals surface area contributed by atoms with Crippen molar-refractivity contribution < 1.29 is 22.1 Å². The normalized spacial score (nSPS) is 11.5. The fourth-order valence-corrected chi connectivity index (χ4v) is 2.94. The van der Waals surface area contributed by atoms with Crippen LogP contribution >= 0.6 is 0 Å². The highest BCUT2D eigenvalue weighted by Crippen LogP contribution is 2.24. The number of ether oxygens (including phenoxy) is 1. The van der Waals surface area contributed by atoms with Gasteiger partial charge in [-0.1, -0.05) is 19.9 Å². The van der Waals surface area contributed by atoms with Crippen molar-refractivity contribution in [1.29, 1.82) is 0 Å². The number of carbonyl (C=O) groups is 1.